The summed E-state index contributed by atoms with van der Waals surface area (Å²) in [6.07, 6.45) is 5.77. The van der Waals surface area contributed by atoms with E-state index in [1.54, 1.807) is 0 Å². The molecule has 1 aliphatic carbocycles. The van der Waals surface area contributed by atoms with Gasteiger partial charge in [0.1, 0.15) is 0 Å². The lowest BCUT2D eigenvalue weighted by Crippen LogP contribution is -2.47. The molecule has 2 rings (SSSR count). The van der Waals surface area contributed by atoms with Crippen molar-refractivity contribution in [3.63, 3.8) is 0 Å². The van der Waals surface area contributed by atoms with Crippen LogP contribution in [0.1, 0.15) is 46.5 Å². The lowest BCUT2D eigenvalue weighted by Gasteiger charge is -2.45. The smallest absolute Gasteiger partial charge is 0.00724 e. The minimum absolute atomic E-state index is 0.854. The zero-order chi connectivity index (χ0) is 10.1. The topological polar surface area (TPSA) is 12.0 Å². The second kappa shape index (κ2) is 4.22. The van der Waals surface area contributed by atoms with Gasteiger partial charge in [-0.15, -0.1) is 0 Å². The third kappa shape index (κ3) is 2.13. The molecule has 0 aromatic heterocycles. The van der Waals surface area contributed by atoms with Crippen molar-refractivity contribution in [2.75, 3.05) is 6.54 Å². The van der Waals surface area contributed by atoms with E-state index in [1.807, 2.05) is 0 Å². The Morgan fingerprint density at radius 2 is 2.07 bits per heavy atom. The average molecular weight is 195 g/mol. The van der Waals surface area contributed by atoms with Crippen molar-refractivity contribution < 1.29 is 0 Å². The fourth-order valence-corrected chi connectivity index (χ4v) is 3.67. The Hall–Kier alpha value is -0.0400. The van der Waals surface area contributed by atoms with Gasteiger partial charge in [-0.2, -0.15) is 0 Å². The Kier molecular flexibility index (Phi) is 3.16. The minimum Gasteiger partial charge on any atom is -0.314 e. The molecule has 1 heterocycles. The van der Waals surface area contributed by atoms with Crippen LogP contribution < -0.4 is 5.32 Å². The van der Waals surface area contributed by atoms with Gasteiger partial charge in [0.05, 0.1) is 0 Å². The zero-order valence-corrected chi connectivity index (χ0v) is 9.92. The number of hydrogen-bond acceptors (Lipinski definition) is 1. The summed E-state index contributed by atoms with van der Waals surface area (Å²) in [6, 6.07) is 0.854. The quantitative estimate of drug-likeness (QED) is 0.714. The van der Waals surface area contributed by atoms with Gasteiger partial charge in [-0.05, 0) is 55.9 Å². The molecule has 0 aromatic rings. The van der Waals surface area contributed by atoms with Crippen molar-refractivity contribution in [2.24, 2.45) is 23.7 Å². The summed E-state index contributed by atoms with van der Waals surface area (Å²) in [5.74, 6) is 3.89. The van der Waals surface area contributed by atoms with E-state index in [0.717, 1.165) is 29.7 Å². The summed E-state index contributed by atoms with van der Waals surface area (Å²) in [6.45, 7) is 8.50. The molecule has 1 N–H and O–H groups in total. The number of nitrogens with one attached hydrogen (secondary N) is 1. The molecule has 0 amide bonds. The molecule has 4 atom stereocenters. The largest absolute Gasteiger partial charge is 0.314 e. The third-order valence-corrected chi connectivity index (χ3v) is 4.27. The summed E-state index contributed by atoms with van der Waals surface area (Å²) in [7, 11) is 0. The molecular formula is C13H25N. The van der Waals surface area contributed by atoms with Crippen molar-refractivity contribution in [3.05, 3.63) is 0 Å². The summed E-state index contributed by atoms with van der Waals surface area (Å²) in [5, 5.41) is 3.65. The molecule has 0 aromatic carbocycles. The van der Waals surface area contributed by atoms with Gasteiger partial charge in [0.15, 0.2) is 0 Å². The highest BCUT2D eigenvalue weighted by Gasteiger charge is 2.37. The van der Waals surface area contributed by atoms with E-state index in [0.29, 0.717) is 0 Å². The summed E-state index contributed by atoms with van der Waals surface area (Å²) < 4.78 is 0. The maximum atomic E-state index is 3.65. The number of rotatable bonds is 2. The van der Waals surface area contributed by atoms with Gasteiger partial charge in [-0.1, -0.05) is 20.8 Å². The molecule has 1 saturated carbocycles. The predicted octanol–water partition coefficient (Wildman–Crippen LogP) is 3.06. The fraction of sp³-hybridized carbons (Fsp3) is 1.00. The van der Waals surface area contributed by atoms with Crippen molar-refractivity contribution in [3.8, 4) is 0 Å². The lowest BCUT2D eigenvalue weighted by atomic mass is 9.65. The van der Waals surface area contributed by atoms with Crippen LogP contribution in [0.2, 0.25) is 0 Å². The summed E-state index contributed by atoms with van der Waals surface area (Å²) in [4.78, 5) is 0. The molecule has 1 saturated heterocycles. The van der Waals surface area contributed by atoms with E-state index in [9.17, 15) is 0 Å². The van der Waals surface area contributed by atoms with E-state index >= 15 is 0 Å². The van der Waals surface area contributed by atoms with E-state index in [-0.39, 0.29) is 0 Å². The van der Waals surface area contributed by atoms with Gasteiger partial charge < -0.3 is 5.32 Å². The van der Waals surface area contributed by atoms with Gasteiger partial charge in [0.25, 0.3) is 0 Å². The monoisotopic (exact) mass is 195 g/mol. The van der Waals surface area contributed by atoms with Gasteiger partial charge >= 0.3 is 0 Å². The number of hydrogen-bond donors (Lipinski definition) is 1. The summed E-state index contributed by atoms with van der Waals surface area (Å²) >= 11 is 0. The van der Waals surface area contributed by atoms with Crippen molar-refractivity contribution >= 4 is 0 Å². The Morgan fingerprint density at radius 1 is 1.29 bits per heavy atom. The minimum atomic E-state index is 0.854. The maximum Gasteiger partial charge on any atom is 0.00724 e. The lowest BCUT2D eigenvalue weighted by molar-refractivity contribution is 0.0803. The van der Waals surface area contributed by atoms with Crippen molar-refractivity contribution in [1.29, 1.82) is 0 Å². The Balaban J connectivity index is 1.99. The number of fused-ring (bicyclic) bond motifs is 2. The molecule has 2 aliphatic rings. The fourth-order valence-electron chi connectivity index (χ4n) is 3.67. The normalized spacial score (nSPS) is 42.9. The van der Waals surface area contributed by atoms with E-state index in [4.69, 9.17) is 0 Å². The highest BCUT2D eigenvalue weighted by Crippen LogP contribution is 2.41. The molecule has 1 nitrogen and oxygen atoms in total. The predicted molar refractivity (Wildman–Crippen MR) is 61.2 cm³/mol. The molecule has 2 bridgehead atoms. The molecule has 82 valence electrons. The molecular weight excluding hydrogens is 170 g/mol. The second-order valence-corrected chi connectivity index (χ2v) is 5.94. The molecule has 14 heavy (non-hydrogen) atoms. The number of piperidine rings is 1. The van der Waals surface area contributed by atoms with Gasteiger partial charge in [-0.3, -0.25) is 0 Å². The van der Waals surface area contributed by atoms with Crippen LogP contribution in [0.4, 0.5) is 0 Å². The highest BCUT2D eigenvalue weighted by atomic mass is 14.9. The summed E-state index contributed by atoms with van der Waals surface area (Å²) in [5.41, 5.74) is 0. The third-order valence-electron chi connectivity index (χ3n) is 4.27. The van der Waals surface area contributed by atoms with Crippen LogP contribution in [-0.4, -0.2) is 12.6 Å². The van der Waals surface area contributed by atoms with E-state index < -0.39 is 0 Å². The van der Waals surface area contributed by atoms with Gasteiger partial charge in [0, 0.05) is 6.04 Å². The molecule has 0 radical (unpaired) electrons. The Bertz CT molecular complexity index is 186. The maximum absolute atomic E-state index is 3.65. The van der Waals surface area contributed by atoms with Crippen LogP contribution >= 0.6 is 0 Å². The van der Waals surface area contributed by atoms with Crippen LogP contribution in [0.15, 0.2) is 0 Å². The highest BCUT2D eigenvalue weighted by molar-refractivity contribution is 4.91. The Labute approximate surface area is 88.7 Å². The molecule has 2 fully saturated rings. The molecule has 1 heteroatoms. The SMILES string of the molecule is CC(C)CC1C(C)CC2CC1CCN2. The van der Waals surface area contributed by atoms with Crippen molar-refractivity contribution in [1.82, 2.24) is 5.32 Å². The first-order chi connectivity index (χ1) is 6.66. The molecule has 1 aliphatic heterocycles. The van der Waals surface area contributed by atoms with E-state index in [1.165, 1.54) is 32.2 Å². The van der Waals surface area contributed by atoms with Crippen LogP contribution in [0.3, 0.4) is 0 Å². The Morgan fingerprint density at radius 3 is 2.79 bits per heavy atom. The van der Waals surface area contributed by atoms with Crippen molar-refractivity contribution in [2.45, 2.75) is 52.5 Å². The standard InChI is InChI=1S/C13H25N/c1-9(2)6-13-10(3)7-12-8-11(13)4-5-14-12/h9-14H,4-8H2,1-3H3. The van der Waals surface area contributed by atoms with Gasteiger partial charge in [0.2, 0.25) is 0 Å². The second-order valence-electron chi connectivity index (χ2n) is 5.94. The molecule has 4 unspecified atom stereocenters. The molecule has 0 spiro atoms. The first-order valence-electron chi connectivity index (χ1n) is 6.40. The van der Waals surface area contributed by atoms with Crippen LogP contribution in [0, 0.1) is 23.7 Å². The first-order valence-corrected chi connectivity index (χ1v) is 6.40. The zero-order valence-electron chi connectivity index (χ0n) is 9.92. The van der Waals surface area contributed by atoms with E-state index in [2.05, 4.69) is 26.1 Å². The average Bonchev–Trinajstić information content (AvgIpc) is 2.12. The van der Waals surface area contributed by atoms with Gasteiger partial charge in [-0.25, -0.2) is 0 Å². The van der Waals surface area contributed by atoms with Crippen LogP contribution in [0.25, 0.3) is 0 Å². The van der Waals surface area contributed by atoms with Crippen LogP contribution in [0.5, 0.6) is 0 Å². The first kappa shape index (κ1) is 10.5. The van der Waals surface area contributed by atoms with Crippen LogP contribution in [-0.2, 0) is 0 Å².